The number of rotatable bonds is 5. The van der Waals surface area contributed by atoms with Gasteiger partial charge in [-0.1, -0.05) is 17.6 Å². The molecule has 3 N–H and O–H groups in total. The van der Waals surface area contributed by atoms with Crippen molar-refractivity contribution in [3.63, 3.8) is 0 Å². The molecular weight excluding hydrogens is 429 g/mol. The maximum atomic E-state index is 11.7. The predicted molar refractivity (Wildman–Crippen MR) is 60.7 cm³/mol. The minimum atomic E-state index is -3.98. The van der Waals surface area contributed by atoms with Crippen molar-refractivity contribution in [2.45, 2.75) is 10.9 Å². The molecular formula is C9H10BNO5SW. The topological polar surface area (TPSA) is 104 Å². The summed E-state index contributed by atoms with van der Waals surface area (Å²) in [6, 6.07) is 3.67. The average Bonchev–Trinajstić information content (AvgIpc) is 2.26. The van der Waals surface area contributed by atoms with Gasteiger partial charge in [-0.3, -0.25) is 4.79 Å². The van der Waals surface area contributed by atoms with Gasteiger partial charge in [0.15, 0.2) is 0 Å². The number of aliphatic hydroxyl groups is 1. The minimum Gasteiger partial charge on any atom is -0.480 e. The maximum absolute atomic E-state index is 11.7. The van der Waals surface area contributed by atoms with Crippen molar-refractivity contribution in [1.29, 1.82) is 0 Å². The molecule has 0 spiro atoms. The smallest absolute Gasteiger partial charge is 0.324 e. The van der Waals surface area contributed by atoms with Gasteiger partial charge in [0, 0.05) is 21.1 Å². The van der Waals surface area contributed by atoms with Crippen molar-refractivity contribution in [2.75, 3.05) is 6.61 Å². The number of benzene rings is 1. The van der Waals surface area contributed by atoms with Gasteiger partial charge >= 0.3 is 5.97 Å². The summed E-state index contributed by atoms with van der Waals surface area (Å²) >= 11 is 0. The van der Waals surface area contributed by atoms with Crippen molar-refractivity contribution < 1.29 is 44.5 Å². The molecule has 9 heteroatoms. The van der Waals surface area contributed by atoms with E-state index in [1.54, 1.807) is 0 Å². The number of carboxylic acids is 1. The summed E-state index contributed by atoms with van der Waals surface area (Å²) in [6.07, 6.45) is 0. The summed E-state index contributed by atoms with van der Waals surface area (Å²) in [5, 5.41) is 17.3. The Morgan fingerprint density at radius 3 is 2.22 bits per heavy atom. The quantitative estimate of drug-likeness (QED) is 0.471. The zero-order chi connectivity index (χ0) is 13.1. The van der Waals surface area contributed by atoms with Crippen LogP contribution in [0.25, 0.3) is 0 Å². The van der Waals surface area contributed by atoms with Gasteiger partial charge in [0.2, 0.25) is 10.0 Å². The van der Waals surface area contributed by atoms with Crippen molar-refractivity contribution in [3.8, 4) is 0 Å². The summed E-state index contributed by atoms with van der Waals surface area (Å²) in [7, 11) is 1.42. The van der Waals surface area contributed by atoms with E-state index in [1.165, 1.54) is 24.3 Å². The van der Waals surface area contributed by atoms with Crippen LogP contribution in [0.5, 0.6) is 0 Å². The summed E-state index contributed by atoms with van der Waals surface area (Å²) in [4.78, 5) is 10.5. The van der Waals surface area contributed by atoms with Crippen molar-refractivity contribution >= 4 is 29.3 Å². The van der Waals surface area contributed by atoms with E-state index in [0.29, 0.717) is 5.46 Å². The van der Waals surface area contributed by atoms with Gasteiger partial charge in [-0.25, -0.2) is 8.42 Å². The third kappa shape index (κ3) is 4.53. The molecule has 0 amide bonds. The number of sulfonamides is 1. The van der Waals surface area contributed by atoms with Crippen LogP contribution >= 0.6 is 0 Å². The number of carbonyl (C=O) groups is 1. The van der Waals surface area contributed by atoms with Crippen LogP contribution in [0.1, 0.15) is 0 Å². The first kappa shape index (κ1) is 17.3. The summed E-state index contributed by atoms with van der Waals surface area (Å²) < 4.78 is 25.2. The van der Waals surface area contributed by atoms with Gasteiger partial charge < -0.3 is 10.2 Å². The number of hydrogen-bond donors (Lipinski definition) is 3. The molecule has 1 unspecified atom stereocenters. The van der Waals surface area contributed by atoms with E-state index >= 15 is 0 Å². The van der Waals surface area contributed by atoms with E-state index in [4.69, 9.17) is 18.1 Å². The van der Waals surface area contributed by atoms with E-state index in [-0.39, 0.29) is 26.0 Å². The molecule has 6 nitrogen and oxygen atoms in total. The zero-order valence-corrected chi connectivity index (χ0v) is 12.9. The Morgan fingerprint density at radius 1 is 1.33 bits per heavy atom. The zero-order valence-electron chi connectivity index (χ0n) is 9.11. The molecule has 1 aromatic carbocycles. The van der Waals surface area contributed by atoms with Crippen LogP contribution in [0.2, 0.25) is 0 Å². The fourth-order valence-corrected chi connectivity index (χ4v) is 2.25. The largest absolute Gasteiger partial charge is 0.480 e. The third-order valence-electron chi connectivity index (χ3n) is 1.97. The molecule has 1 aromatic rings. The van der Waals surface area contributed by atoms with Crippen LogP contribution < -0.4 is 10.2 Å². The normalized spacial score (nSPS) is 12.5. The van der Waals surface area contributed by atoms with Gasteiger partial charge in [0.1, 0.15) is 13.9 Å². The van der Waals surface area contributed by atoms with Crippen LogP contribution in [0.15, 0.2) is 29.2 Å². The molecule has 0 saturated carbocycles. The van der Waals surface area contributed by atoms with E-state index < -0.39 is 28.6 Å². The monoisotopic (exact) mass is 439 g/mol. The molecule has 0 aliphatic heterocycles. The second kappa shape index (κ2) is 7.04. The van der Waals surface area contributed by atoms with Crippen LogP contribution in [0.3, 0.4) is 0 Å². The standard InChI is InChI=1S/C9H10BNO5S.W/c10-6-1-3-7(4-2-6)17(15,16)11-8(5-12)9(13)14;/h1-4,8,11-12H,5H2,(H,13,14);. The van der Waals surface area contributed by atoms with Crippen LogP contribution in [-0.2, 0) is 35.9 Å². The number of nitrogens with one attached hydrogen (secondary N) is 1. The van der Waals surface area contributed by atoms with E-state index in [0.717, 1.165) is 0 Å². The number of hydrogen-bond acceptors (Lipinski definition) is 4. The molecule has 2 radical (unpaired) electrons. The van der Waals surface area contributed by atoms with Gasteiger partial charge in [0.05, 0.1) is 11.5 Å². The first-order valence-corrected chi connectivity index (χ1v) is 6.06. The van der Waals surface area contributed by atoms with Gasteiger partial charge in [-0.2, -0.15) is 4.72 Å². The number of carboxylic acid groups (broad SMARTS) is 1. The van der Waals surface area contributed by atoms with Crippen molar-refractivity contribution in [3.05, 3.63) is 24.3 Å². The molecule has 0 aliphatic carbocycles. The summed E-state index contributed by atoms with van der Waals surface area (Å²) in [5.74, 6) is -1.45. The predicted octanol–water partition coefficient (Wildman–Crippen LogP) is -1.80. The van der Waals surface area contributed by atoms with Gasteiger partial charge in [0.25, 0.3) is 0 Å². The Labute approximate surface area is 120 Å². The Bertz CT molecular complexity index is 504. The molecule has 0 saturated heterocycles. The number of aliphatic hydroxyl groups excluding tert-OH is 1. The number of aliphatic carboxylic acids is 1. The van der Waals surface area contributed by atoms with Gasteiger partial charge in [-0.15, -0.1) is 0 Å². The second-order valence-electron chi connectivity index (χ2n) is 3.26. The van der Waals surface area contributed by atoms with Crippen molar-refractivity contribution in [1.82, 2.24) is 4.72 Å². The molecule has 96 valence electrons. The first-order valence-electron chi connectivity index (χ1n) is 4.58. The van der Waals surface area contributed by atoms with E-state index in [2.05, 4.69) is 0 Å². The molecule has 1 atom stereocenters. The van der Waals surface area contributed by atoms with E-state index in [1.807, 2.05) is 4.72 Å². The molecule has 0 aliphatic rings. The molecule has 0 heterocycles. The maximum Gasteiger partial charge on any atom is 0.324 e. The molecule has 0 bridgehead atoms. The van der Waals surface area contributed by atoms with Crippen molar-refractivity contribution in [2.24, 2.45) is 0 Å². The fourth-order valence-electron chi connectivity index (χ4n) is 1.07. The summed E-state index contributed by atoms with van der Waals surface area (Å²) in [6.45, 7) is -0.830. The Hall–Kier alpha value is -0.687. The second-order valence-corrected chi connectivity index (χ2v) is 4.98. The van der Waals surface area contributed by atoms with Gasteiger partial charge in [-0.05, 0) is 12.1 Å². The summed E-state index contributed by atoms with van der Waals surface area (Å²) in [5.41, 5.74) is 0.390. The molecule has 0 aromatic heterocycles. The Balaban J connectivity index is 0.00000289. The molecule has 0 fully saturated rings. The Morgan fingerprint density at radius 2 is 1.83 bits per heavy atom. The Kier molecular flexibility index (Phi) is 6.77. The van der Waals surface area contributed by atoms with Crippen LogP contribution in [-0.4, -0.2) is 45.1 Å². The van der Waals surface area contributed by atoms with E-state index in [9.17, 15) is 13.2 Å². The SMILES string of the molecule is [B]c1ccc(S(=O)(=O)NC(CO)C(=O)O)cc1.[W]. The average molecular weight is 439 g/mol. The minimum absolute atomic E-state index is 0. The first-order chi connectivity index (χ1) is 7.86. The van der Waals surface area contributed by atoms with Crippen LogP contribution in [0.4, 0.5) is 0 Å². The molecule has 18 heavy (non-hydrogen) atoms. The molecule has 1 rings (SSSR count). The fraction of sp³-hybridized carbons (Fsp3) is 0.222. The van der Waals surface area contributed by atoms with Crippen LogP contribution in [0, 0.1) is 0 Å². The third-order valence-corrected chi connectivity index (χ3v) is 3.46.